The lowest BCUT2D eigenvalue weighted by Gasteiger charge is -2.08. The van der Waals surface area contributed by atoms with Crippen molar-refractivity contribution in [2.75, 3.05) is 24.6 Å². The van der Waals surface area contributed by atoms with Crippen molar-refractivity contribution in [3.05, 3.63) is 46.7 Å². The Kier molecular flexibility index (Phi) is 5.60. The van der Waals surface area contributed by atoms with Crippen molar-refractivity contribution in [2.45, 2.75) is 6.42 Å². The minimum atomic E-state index is -3.31. The number of nitrogens with one attached hydrogen (secondary N) is 1. The fourth-order valence-electron chi connectivity index (χ4n) is 1.69. The van der Waals surface area contributed by atoms with Crippen molar-refractivity contribution >= 4 is 27.0 Å². The number of nitrogen functional groups attached to an aromatic ring is 1. The largest absolute Gasteiger partial charge is 0.492 e. The van der Waals surface area contributed by atoms with Crippen LogP contribution in [0.3, 0.4) is 0 Å². The maximum Gasteiger partial charge on any atom is 0.214 e. The standard InChI is InChI=1S/C14H18N2O3S2/c15-13-1-3-14(4-2-13)19-8-10-21(17,18)16-7-5-12-6-9-20-11-12/h1-4,6,9,11,16H,5,7-8,10,15H2. The first-order chi connectivity index (χ1) is 10.1. The van der Waals surface area contributed by atoms with Crippen molar-refractivity contribution < 1.29 is 13.2 Å². The third-order valence-electron chi connectivity index (χ3n) is 2.82. The van der Waals surface area contributed by atoms with Gasteiger partial charge in [0.05, 0.1) is 5.75 Å². The zero-order chi connectivity index (χ0) is 15.1. The quantitative estimate of drug-likeness (QED) is 0.726. The maximum absolute atomic E-state index is 11.8. The number of benzene rings is 1. The van der Waals surface area contributed by atoms with Crippen LogP contribution in [-0.4, -0.2) is 27.3 Å². The molecule has 21 heavy (non-hydrogen) atoms. The lowest BCUT2D eigenvalue weighted by Crippen LogP contribution is -2.30. The van der Waals surface area contributed by atoms with E-state index in [1.807, 2.05) is 16.8 Å². The Hall–Kier alpha value is -1.57. The molecule has 114 valence electrons. The van der Waals surface area contributed by atoms with Crippen LogP contribution in [0, 0.1) is 0 Å². The molecule has 5 nitrogen and oxygen atoms in total. The molecule has 0 aliphatic carbocycles. The molecule has 0 spiro atoms. The Morgan fingerprint density at radius 3 is 2.62 bits per heavy atom. The molecular weight excluding hydrogens is 308 g/mol. The van der Waals surface area contributed by atoms with E-state index in [1.54, 1.807) is 35.6 Å². The Morgan fingerprint density at radius 2 is 1.95 bits per heavy atom. The van der Waals surface area contributed by atoms with Gasteiger partial charge in [-0.15, -0.1) is 0 Å². The monoisotopic (exact) mass is 326 g/mol. The highest BCUT2D eigenvalue weighted by atomic mass is 32.2. The molecule has 1 aromatic heterocycles. The van der Waals surface area contributed by atoms with Crippen LogP contribution in [0.4, 0.5) is 5.69 Å². The van der Waals surface area contributed by atoms with Crippen molar-refractivity contribution in [2.24, 2.45) is 0 Å². The van der Waals surface area contributed by atoms with Crippen LogP contribution < -0.4 is 15.2 Å². The first-order valence-corrected chi connectivity index (χ1v) is 9.11. The van der Waals surface area contributed by atoms with Gasteiger partial charge in [0.15, 0.2) is 0 Å². The Labute approximate surface area is 128 Å². The predicted molar refractivity (Wildman–Crippen MR) is 86.2 cm³/mol. The average molecular weight is 326 g/mol. The van der Waals surface area contributed by atoms with Gasteiger partial charge >= 0.3 is 0 Å². The summed E-state index contributed by atoms with van der Waals surface area (Å²) in [5.74, 6) is 0.541. The highest BCUT2D eigenvalue weighted by molar-refractivity contribution is 7.89. The van der Waals surface area contributed by atoms with Gasteiger partial charge in [0.1, 0.15) is 12.4 Å². The van der Waals surface area contributed by atoms with Gasteiger partial charge in [-0.3, -0.25) is 0 Å². The molecule has 0 aliphatic heterocycles. The molecule has 0 unspecified atom stereocenters. The maximum atomic E-state index is 11.8. The molecule has 2 rings (SSSR count). The molecule has 0 aliphatic rings. The molecule has 0 bridgehead atoms. The van der Waals surface area contributed by atoms with Crippen LogP contribution >= 0.6 is 11.3 Å². The summed E-state index contributed by atoms with van der Waals surface area (Å²) >= 11 is 1.60. The molecule has 3 N–H and O–H groups in total. The zero-order valence-electron chi connectivity index (χ0n) is 11.5. The Balaban J connectivity index is 1.69. The van der Waals surface area contributed by atoms with Crippen molar-refractivity contribution in [3.63, 3.8) is 0 Å². The third-order valence-corrected chi connectivity index (χ3v) is 4.90. The van der Waals surface area contributed by atoms with E-state index in [9.17, 15) is 8.42 Å². The summed E-state index contributed by atoms with van der Waals surface area (Å²) in [5.41, 5.74) is 7.34. The van der Waals surface area contributed by atoms with Gasteiger partial charge in [0, 0.05) is 12.2 Å². The van der Waals surface area contributed by atoms with Gasteiger partial charge in [-0.05, 0) is 53.1 Å². The van der Waals surface area contributed by atoms with Gasteiger partial charge < -0.3 is 10.5 Å². The van der Waals surface area contributed by atoms with Crippen LogP contribution in [-0.2, 0) is 16.4 Å². The van der Waals surface area contributed by atoms with Crippen molar-refractivity contribution in [3.8, 4) is 5.75 Å². The van der Waals surface area contributed by atoms with E-state index >= 15 is 0 Å². The highest BCUT2D eigenvalue weighted by Gasteiger charge is 2.10. The topological polar surface area (TPSA) is 81.4 Å². The molecule has 0 radical (unpaired) electrons. The number of nitrogens with two attached hydrogens (primary N) is 1. The summed E-state index contributed by atoms with van der Waals surface area (Å²) in [5, 5.41) is 3.99. The van der Waals surface area contributed by atoms with E-state index in [1.165, 1.54) is 0 Å². The molecule has 0 saturated heterocycles. The summed E-state index contributed by atoms with van der Waals surface area (Å²) in [7, 11) is -3.31. The van der Waals surface area contributed by atoms with Crippen LogP contribution in [0.2, 0.25) is 0 Å². The minimum Gasteiger partial charge on any atom is -0.492 e. The van der Waals surface area contributed by atoms with Gasteiger partial charge in [0.25, 0.3) is 0 Å². The predicted octanol–water partition coefficient (Wildman–Crippen LogP) is 1.87. The van der Waals surface area contributed by atoms with Gasteiger partial charge in [-0.25, -0.2) is 13.1 Å². The molecular formula is C14H18N2O3S2. The summed E-state index contributed by atoms with van der Waals surface area (Å²) in [6.07, 6.45) is 0.696. The second-order valence-corrected chi connectivity index (χ2v) is 7.22. The van der Waals surface area contributed by atoms with E-state index in [0.29, 0.717) is 24.4 Å². The fraction of sp³-hybridized carbons (Fsp3) is 0.286. The van der Waals surface area contributed by atoms with Crippen LogP contribution in [0.25, 0.3) is 0 Å². The number of sulfonamides is 1. The lowest BCUT2D eigenvalue weighted by atomic mass is 10.2. The van der Waals surface area contributed by atoms with Crippen LogP contribution in [0.1, 0.15) is 5.56 Å². The molecule has 1 heterocycles. The van der Waals surface area contributed by atoms with E-state index in [4.69, 9.17) is 10.5 Å². The third kappa shape index (κ3) is 5.74. The van der Waals surface area contributed by atoms with Gasteiger partial charge in [0.2, 0.25) is 10.0 Å². The second-order valence-electron chi connectivity index (χ2n) is 4.51. The second kappa shape index (κ2) is 7.44. The molecule has 0 amide bonds. The van der Waals surface area contributed by atoms with Crippen LogP contribution in [0.5, 0.6) is 5.75 Å². The minimum absolute atomic E-state index is 0.0684. The number of hydrogen-bond donors (Lipinski definition) is 2. The number of anilines is 1. The number of thiophene rings is 1. The molecule has 0 atom stereocenters. The normalized spacial score (nSPS) is 11.4. The first kappa shape index (κ1) is 15.8. The smallest absolute Gasteiger partial charge is 0.214 e. The van der Waals surface area contributed by atoms with Crippen molar-refractivity contribution in [1.82, 2.24) is 4.72 Å². The Morgan fingerprint density at radius 1 is 1.19 bits per heavy atom. The zero-order valence-corrected chi connectivity index (χ0v) is 13.1. The number of ether oxygens (including phenoxy) is 1. The molecule has 1 aromatic carbocycles. The van der Waals surface area contributed by atoms with E-state index in [2.05, 4.69) is 4.72 Å². The summed E-state index contributed by atoms with van der Waals surface area (Å²) in [6, 6.07) is 8.84. The molecule has 7 heteroatoms. The average Bonchev–Trinajstić information content (AvgIpc) is 2.94. The number of hydrogen-bond acceptors (Lipinski definition) is 5. The first-order valence-electron chi connectivity index (χ1n) is 6.52. The van der Waals surface area contributed by atoms with E-state index < -0.39 is 10.0 Å². The van der Waals surface area contributed by atoms with Crippen LogP contribution in [0.15, 0.2) is 41.1 Å². The summed E-state index contributed by atoms with van der Waals surface area (Å²) < 4.78 is 31.5. The summed E-state index contributed by atoms with van der Waals surface area (Å²) in [4.78, 5) is 0. The number of rotatable bonds is 8. The summed E-state index contributed by atoms with van der Waals surface area (Å²) in [6.45, 7) is 0.513. The van der Waals surface area contributed by atoms with E-state index in [-0.39, 0.29) is 12.4 Å². The fourth-order valence-corrected chi connectivity index (χ4v) is 3.25. The van der Waals surface area contributed by atoms with Crippen molar-refractivity contribution in [1.29, 1.82) is 0 Å². The molecule has 0 fully saturated rings. The highest BCUT2D eigenvalue weighted by Crippen LogP contribution is 2.12. The van der Waals surface area contributed by atoms with E-state index in [0.717, 1.165) is 5.56 Å². The molecule has 2 aromatic rings. The lowest BCUT2D eigenvalue weighted by molar-refractivity contribution is 0.340. The van der Waals surface area contributed by atoms with Gasteiger partial charge in [-0.1, -0.05) is 0 Å². The van der Waals surface area contributed by atoms with Gasteiger partial charge in [-0.2, -0.15) is 11.3 Å². The Bertz CT molecular complexity index is 637. The SMILES string of the molecule is Nc1ccc(OCCS(=O)(=O)NCCc2ccsc2)cc1. The molecule has 0 saturated carbocycles.